The van der Waals surface area contributed by atoms with Gasteiger partial charge in [0.25, 0.3) is 5.56 Å². The fourth-order valence-corrected chi connectivity index (χ4v) is 23.9. The summed E-state index contributed by atoms with van der Waals surface area (Å²) >= 11 is 13.0. The number of aromatic amines is 1. The summed E-state index contributed by atoms with van der Waals surface area (Å²) in [5.41, 5.74) is -3.25. The smallest absolute Gasteiger partial charge is 0.330 e. The molecule has 0 saturated carbocycles. The molecule has 0 amide bonds. The maximum Gasteiger partial charge on any atom is 0.330 e. The van der Waals surface area contributed by atoms with Gasteiger partial charge in [-0.1, -0.05) is 78.6 Å². The van der Waals surface area contributed by atoms with Crippen LogP contribution in [0.5, 0.6) is 5.75 Å². The summed E-state index contributed by atoms with van der Waals surface area (Å²) in [6.45, 7) is 23.0. The van der Waals surface area contributed by atoms with Crippen molar-refractivity contribution in [2.45, 2.75) is 148 Å². The molecular weight excluding hydrogens is 735 g/mol. The first kappa shape index (κ1) is 41.9. The largest absolute Gasteiger partial charge is 0.451 e. The number of carbonyl (C=O) groups excluding carboxylic acids is 1. The summed E-state index contributed by atoms with van der Waals surface area (Å²) in [4.78, 5) is 40.1. The number of halogens is 2. The minimum atomic E-state index is -3.48. The summed E-state index contributed by atoms with van der Waals surface area (Å²) in [7, 11) is -6.59. The van der Waals surface area contributed by atoms with E-state index in [0.29, 0.717) is 5.56 Å². The average molecular weight is 790 g/mol. The molecule has 51 heavy (non-hydrogen) atoms. The zero-order valence-electron chi connectivity index (χ0n) is 31.6. The molecule has 0 spiro atoms. The second kappa shape index (κ2) is 15.1. The van der Waals surface area contributed by atoms with E-state index >= 15 is 0 Å². The van der Waals surface area contributed by atoms with E-state index in [2.05, 4.69) is 4.98 Å². The fraction of sp³-hybridized carbons (Fsp3) is 0.686. The van der Waals surface area contributed by atoms with Gasteiger partial charge in [-0.25, -0.2) is 4.79 Å². The first-order valence-corrected chi connectivity index (χ1v) is 22.5. The molecule has 3 heterocycles. The number of hydrogen-bond donors (Lipinski definition) is 3. The standard InChI is InChI=1S/C35H54Cl2N2O10Si2/c1-18(2)50(19(3)4)31(41)29-35(44,51(49-50,20(5)6)21(7)8)28(30(48-29)39-14-13-27(40)38-33(39)43)46-22(9)45-17-23-15-25(37)26(16-24(23)36)47-32(42)34(10,11)12/h13-16,18-22,28-31,41,44H,17H2,1-12H3,(H,38,40,43)/t22?,28-,29+,30+,31?,35+/m0/s1. The third kappa shape index (κ3) is 7.22. The Hall–Kier alpha value is -1.86. The van der Waals surface area contributed by atoms with E-state index in [9.17, 15) is 24.6 Å². The lowest BCUT2D eigenvalue weighted by Gasteiger charge is -2.63. The van der Waals surface area contributed by atoms with Gasteiger partial charge < -0.3 is 33.3 Å². The van der Waals surface area contributed by atoms with Crippen LogP contribution in [0.2, 0.25) is 32.2 Å². The Morgan fingerprint density at radius 3 is 2.10 bits per heavy atom. The van der Waals surface area contributed by atoms with Crippen molar-refractivity contribution < 1.29 is 38.1 Å². The van der Waals surface area contributed by atoms with E-state index < -0.39 is 74.9 Å². The summed E-state index contributed by atoms with van der Waals surface area (Å²) < 4.78 is 33.5. The van der Waals surface area contributed by atoms with Crippen LogP contribution in [0.4, 0.5) is 0 Å². The number of aliphatic hydroxyl groups excluding tert-OH is 1. The normalized spacial score (nSPS) is 26.6. The molecule has 0 radical (unpaired) electrons. The predicted molar refractivity (Wildman–Crippen MR) is 200 cm³/mol. The molecule has 2 aliphatic rings. The highest BCUT2D eigenvalue weighted by Gasteiger charge is 2.80. The van der Waals surface area contributed by atoms with Crippen LogP contribution in [0.3, 0.4) is 0 Å². The predicted octanol–water partition coefficient (Wildman–Crippen LogP) is 6.37. The average Bonchev–Trinajstić information content (AvgIpc) is 3.29. The van der Waals surface area contributed by atoms with Crippen molar-refractivity contribution in [1.29, 1.82) is 0 Å². The minimum absolute atomic E-state index is 0.0403. The van der Waals surface area contributed by atoms with Crippen LogP contribution in [0, 0.1) is 5.41 Å². The number of aromatic nitrogens is 2. The van der Waals surface area contributed by atoms with Crippen molar-refractivity contribution in [3.05, 3.63) is 60.8 Å². The maximum atomic E-state index is 13.4. The van der Waals surface area contributed by atoms with Crippen LogP contribution < -0.4 is 16.0 Å². The Morgan fingerprint density at radius 2 is 1.59 bits per heavy atom. The van der Waals surface area contributed by atoms with E-state index in [0.717, 1.165) is 0 Å². The van der Waals surface area contributed by atoms with Crippen molar-refractivity contribution >= 4 is 45.8 Å². The van der Waals surface area contributed by atoms with Crippen molar-refractivity contribution in [2.24, 2.45) is 5.41 Å². The van der Waals surface area contributed by atoms with Gasteiger partial charge in [0.05, 0.1) is 17.0 Å². The highest BCUT2D eigenvalue weighted by atomic mass is 35.5. The first-order chi connectivity index (χ1) is 23.5. The second-order valence-corrected chi connectivity index (χ2v) is 27.0. The molecule has 3 N–H and O–H groups in total. The number of nitrogens with zero attached hydrogens (tertiary/aromatic N) is 1. The Balaban J connectivity index is 1.78. The molecule has 0 aliphatic carbocycles. The molecule has 16 heteroatoms. The number of fused-ring (bicyclic) bond motifs is 1. The Bertz CT molecular complexity index is 1690. The van der Waals surface area contributed by atoms with Gasteiger partial charge in [0, 0.05) is 23.4 Å². The third-order valence-corrected chi connectivity index (χ3v) is 24.0. The fourth-order valence-electron chi connectivity index (χ4n) is 8.02. The molecule has 12 nitrogen and oxygen atoms in total. The van der Waals surface area contributed by atoms with Crippen molar-refractivity contribution in [2.75, 3.05) is 0 Å². The number of ether oxygens (including phenoxy) is 4. The Morgan fingerprint density at radius 1 is 1.00 bits per heavy atom. The maximum absolute atomic E-state index is 13.4. The van der Waals surface area contributed by atoms with Gasteiger partial charge in [-0.3, -0.25) is 19.1 Å². The minimum Gasteiger partial charge on any atom is -0.451 e. The summed E-state index contributed by atoms with van der Waals surface area (Å²) in [6.07, 6.45) is -3.45. The molecule has 2 aromatic rings. The number of benzene rings is 1. The van der Waals surface area contributed by atoms with Crippen LogP contribution in [-0.2, 0) is 29.7 Å². The number of aliphatic hydroxyl groups is 2. The van der Waals surface area contributed by atoms with Crippen molar-refractivity contribution in [3.8, 4) is 5.75 Å². The van der Waals surface area contributed by atoms with Crippen molar-refractivity contribution in [3.63, 3.8) is 0 Å². The van der Waals surface area contributed by atoms with E-state index in [1.807, 2.05) is 55.4 Å². The molecule has 2 aliphatic heterocycles. The SMILES string of the molecule is CC(OCc1cc(Cl)c(OC(=O)C(C)(C)C)cc1Cl)O[C@H]1[C@H](n2ccc(=O)[nH]c2=O)O[C@@H]2C(O)[Si](C(C)C)(C(C)C)O[Si](C(C)C)(C(C)C)[C@@]21O. The van der Waals surface area contributed by atoms with E-state index in [-0.39, 0.29) is 44.6 Å². The number of rotatable bonds is 11. The third-order valence-electron chi connectivity index (χ3n) is 10.5. The lowest BCUT2D eigenvalue weighted by molar-refractivity contribution is -0.207. The highest BCUT2D eigenvalue weighted by Crippen LogP contribution is 2.60. The van der Waals surface area contributed by atoms with Gasteiger partial charge in [-0.15, -0.1) is 0 Å². The van der Waals surface area contributed by atoms with Crippen LogP contribution >= 0.6 is 23.2 Å². The lowest BCUT2D eigenvalue weighted by Crippen LogP contribution is -2.85. The van der Waals surface area contributed by atoms with Gasteiger partial charge in [-0.2, -0.15) is 0 Å². The number of nitrogens with one attached hydrogen (secondary N) is 1. The highest BCUT2D eigenvalue weighted by molar-refractivity contribution is 6.93. The number of H-pyrrole nitrogens is 1. The van der Waals surface area contributed by atoms with E-state index in [1.54, 1.807) is 27.7 Å². The van der Waals surface area contributed by atoms with Gasteiger partial charge in [0.2, 0.25) is 16.6 Å². The molecule has 0 bridgehead atoms. The Kier molecular flexibility index (Phi) is 12.4. The summed E-state index contributed by atoms with van der Waals surface area (Å²) in [5.74, 6) is -0.360. The summed E-state index contributed by atoms with van der Waals surface area (Å²) in [5, 5.41) is 24.2. The molecule has 1 aromatic heterocycles. The molecule has 2 unspecified atom stereocenters. The first-order valence-electron chi connectivity index (χ1n) is 17.5. The van der Waals surface area contributed by atoms with Crippen LogP contribution in [0.1, 0.15) is 94.9 Å². The van der Waals surface area contributed by atoms with Gasteiger partial charge in [-0.05, 0) is 61.5 Å². The van der Waals surface area contributed by atoms with E-state index in [1.165, 1.54) is 29.0 Å². The number of hydrogen-bond acceptors (Lipinski definition) is 10. The zero-order chi connectivity index (χ0) is 38.6. The Labute approximate surface area is 312 Å². The van der Waals surface area contributed by atoms with E-state index in [4.69, 9.17) is 46.3 Å². The van der Waals surface area contributed by atoms with Crippen LogP contribution in [-0.4, -0.2) is 71.8 Å². The monoisotopic (exact) mass is 788 g/mol. The number of carbonyl (C=O) groups is 1. The van der Waals surface area contributed by atoms with Gasteiger partial charge in [0.15, 0.2) is 18.3 Å². The second-order valence-electron chi connectivity index (χ2n) is 16.1. The lowest BCUT2D eigenvalue weighted by atomic mass is 9.97. The zero-order valence-corrected chi connectivity index (χ0v) is 35.1. The molecular formula is C35H54Cl2N2O10Si2. The summed E-state index contributed by atoms with van der Waals surface area (Å²) in [6, 6.07) is 4.17. The molecule has 4 rings (SSSR count). The van der Waals surface area contributed by atoms with Crippen LogP contribution in [0.25, 0.3) is 0 Å². The molecule has 1 aromatic carbocycles. The van der Waals surface area contributed by atoms with Gasteiger partial charge in [0.1, 0.15) is 23.2 Å². The molecule has 286 valence electrons. The molecule has 2 fully saturated rings. The number of esters is 1. The molecule has 6 atom stereocenters. The van der Waals surface area contributed by atoms with Crippen molar-refractivity contribution in [1.82, 2.24) is 9.55 Å². The van der Waals surface area contributed by atoms with Crippen LogP contribution in [0.15, 0.2) is 34.0 Å². The topological polar surface area (TPSA) is 159 Å². The quantitative estimate of drug-likeness (QED) is 0.101. The van der Waals surface area contributed by atoms with Gasteiger partial charge >= 0.3 is 11.7 Å². The molecule has 2 saturated heterocycles.